The minimum absolute atomic E-state index is 0.600. The molecule has 0 N–H and O–H groups in total. The Morgan fingerprint density at radius 1 is 1.54 bits per heavy atom. The largest absolute Gasteiger partial charge is 0.341 e. The SMILES string of the molecule is O=C(Cl)n1ncc2cc(Br)ccc21. The third-order valence-corrected chi connectivity index (χ3v) is 2.35. The lowest BCUT2D eigenvalue weighted by molar-refractivity contribution is 0.259. The summed E-state index contributed by atoms with van der Waals surface area (Å²) in [5, 5.41) is 4.13. The minimum Gasteiger partial charge on any atom is -0.253 e. The summed E-state index contributed by atoms with van der Waals surface area (Å²) in [5.74, 6) is 0. The predicted molar refractivity (Wildman–Crippen MR) is 54.1 cm³/mol. The van der Waals surface area contributed by atoms with Gasteiger partial charge in [-0.1, -0.05) is 15.9 Å². The summed E-state index contributed by atoms with van der Waals surface area (Å²) < 4.78 is 2.10. The summed E-state index contributed by atoms with van der Waals surface area (Å²) in [5.41, 5.74) is 0.711. The lowest BCUT2D eigenvalue weighted by Crippen LogP contribution is -2.02. The van der Waals surface area contributed by atoms with Crippen molar-refractivity contribution in [2.75, 3.05) is 0 Å². The normalized spacial score (nSPS) is 10.6. The topological polar surface area (TPSA) is 34.9 Å². The molecule has 0 saturated heterocycles. The van der Waals surface area contributed by atoms with Gasteiger partial charge in [-0.2, -0.15) is 9.78 Å². The number of carbonyl (C=O) groups excluding carboxylic acids is 1. The van der Waals surface area contributed by atoms with Crippen LogP contribution in [0.5, 0.6) is 0 Å². The second-order valence-corrected chi connectivity index (χ2v) is 3.75. The summed E-state index contributed by atoms with van der Waals surface area (Å²) in [6.07, 6.45) is 1.60. The van der Waals surface area contributed by atoms with E-state index < -0.39 is 5.37 Å². The van der Waals surface area contributed by atoms with Crippen LogP contribution in [0.25, 0.3) is 10.9 Å². The van der Waals surface area contributed by atoms with Crippen LogP contribution >= 0.6 is 27.5 Å². The molecular formula is C8H4BrClN2O. The molecule has 13 heavy (non-hydrogen) atoms. The van der Waals surface area contributed by atoms with E-state index in [4.69, 9.17) is 11.6 Å². The Balaban J connectivity index is 2.76. The van der Waals surface area contributed by atoms with Gasteiger partial charge in [0.25, 0.3) is 0 Å². The van der Waals surface area contributed by atoms with Gasteiger partial charge in [0.15, 0.2) is 0 Å². The number of halogens is 2. The van der Waals surface area contributed by atoms with Crippen molar-refractivity contribution >= 4 is 43.8 Å². The number of hydrogen-bond acceptors (Lipinski definition) is 2. The lowest BCUT2D eigenvalue weighted by atomic mass is 10.3. The van der Waals surface area contributed by atoms with E-state index in [9.17, 15) is 4.79 Å². The number of benzene rings is 1. The van der Waals surface area contributed by atoms with Crippen molar-refractivity contribution in [1.29, 1.82) is 0 Å². The number of rotatable bonds is 0. The number of hydrogen-bond donors (Lipinski definition) is 0. The Bertz CT molecular complexity index is 480. The van der Waals surface area contributed by atoms with Crippen LogP contribution in [0.2, 0.25) is 0 Å². The fourth-order valence-corrected chi connectivity index (χ4v) is 1.66. The quantitative estimate of drug-likeness (QED) is 0.682. The highest BCUT2D eigenvalue weighted by Gasteiger charge is 2.06. The fraction of sp³-hybridized carbons (Fsp3) is 0. The molecule has 0 aliphatic rings. The average molecular weight is 259 g/mol. The molecule has 0 unspecified atom stereocenters. The molecule has 3 nitrogen and oxygen atoms in total. The maximum absolute atomic E-state index is 10.9. The molecule has 0 amide bonds. The molecular weight excluding hydrogens is 255 g/mol. The third kappa shape index (κ3) is 1.47. The molecule has 0 bridgehead atoms. The molecule has 0 spiro atoms. The first-order valence-electron chi connectivity index (χ1n) is 3.51. The number of nitrogens with zero attached hydrogens (tertiary/aromatic N) is 2. The van der Waals surface area contributed by atoms with Gasteiger partial charge in [0.2, 0.25) is 0 Å². The van der Waals surface area contributed by atoms with Crippen molar-refractivity contribution in [3.05, 3.63) is 28.9 Å². The van der Waals surface area contributed by atoms with Crippen LogP contribution in [0.4, 0.5) is 4.79 Å². The Morgan fingerprint density at radius 2 is 2.31 bits per heavy atom. The van der Waals surface area contributed by atoms with E-state index >= 15 is 0 Å². The highest BCUT2D eigenvalue weighted by Crippen LogP contribution is 2.19. The van der Waals surface area contributed by atoms with Gasteiger partial charge < -0.3 is 0 Å². The highest BCUT2D eigenvalue weighted by atomic mass is 79.9. The number of fused-ring (bicyclic) bond motifs is 1. The first-order valence-corrected chi connectivity index (χ1v) is 4.69. The number of aromatic nitrogens is 2. The maximum atomic E-state index is 10.9. The maximum Gasteiger partial charge on any atom is 0.341 e. The first kappa shape index (κ1) is 8.72. The highest BCUT2D eigenvalue weighted by molar-refractivity contribution is 9.10. The Morgan fingerprint density at radius 3 is 3.00 bits per heavy atom. The zero-order valence-corrected chi connectivity index (χ0v) is 8.71. The van der Waals surface area contributed by atoms with Crippen LogP contribution in [-0.2, 0) is 0 Å². The van der Waals surface area contributed by atoms with E-state index in [1.54, 1.807) is 12.3 Å². The Hall–Kier alpha value is -0.870. The van der Waals surface area contributed by atoms with E-state index in [-0.39, 0.29) is 0 Å². The van der Waals surface area contributed by atoms with E-state index in [0.717, 1.165) is 14.5 Å². The van der Waals surface area contributed by atoms with Gasteiger partial charge in [-0.3, -0.25) is 4.79 Å². The number of carbonyl (C=O) groups is 1. The van der Waals surface area contributed by atoms with Crippen molar-refractivity contribution in [2.45, 2.75) is 0 Å². The van der Waals surface area contributed by atoms with Gasteiger partial charge >= 0.3 is 5.37 Å². The molecule has 0 aliphatic heterocycles. The van der Waals surface area contributed by atoms with Crippen molar-refractivity contribution in [2.24, 2.45) is 0 Å². The van der Waals surface area contributed by atoms with E-state index in [0.29, 0.717) is 5.52 Å². The predicted octanol–water partition coefficient (Wildman–Crippen LogP) is 3.01. The van der Waals surface area contributed by atoms with Gasteiger partial charge in [-0.25, -0.2) is 0 Å². The summed E-state index contributed by atoms with van der Waals surface area (Å²) in [6, 6.07) is 5.49. The molecule has 1 aromatic heterocycles. The van der Waals surface area contributed by atoms with Crippen LogP contribution in [0.1, 0.15) is 0 Å². The lowest BCUT2D eigenvalue weighted by Gasteiger charge is -1.94. The molecule has 2 aromatic rings. The van der Waals surface area contributed by atoms with E-state index in [1.807, 2.05) is 12.1 Å². The summed E-state index contributed by atoms with van der Waals surface area (Å²) in [4.78, 5) is 10.9. The molecule has 1 heterocycles. The van der Waals surface area contributed by atoms with Crippen LogP contribution < -0.4 is 0 Å². The Kier molecular flexibility index (Phi) is 2.09. The summed E-state index contributed by atoms with van der Waals surface area (Å²) >= 11 is 8.64. The average Bonchev–Trinajstić information content (AvgIpc) is 2.46. The van der Waals surface area contributed by atoms with Gasteiger partial charge in [0.1, 0.15) is 0 Å². The zero-order chi connectivity index (χ0) is 9.42. The van der Waals surface area contributed by atoms with Crippen molar-refractivity contribution < 1.29 is 4.79 Å². The zero-order valence-electron chi connectivity index (χ0n) is 6.37. The molecule has 0 atom stereocenters. The van der Waals surface area contributed by atoms with Crippen LogP contribution in [-0.4, -0.2) is 15.1 Å². The van der Waals surface area contributed by atoms with Crippen LogP contribution in [0.3, 0.4) is 0 Å². The smallest absolute Gasteiger partial charge is 0.253 e. The fourth-order valence-electron chi connectivity index (χ4n) is 1.14. The van der Waals surface area contributed by atoms with Crippen LogP contribution in [0.15, 0.2) is 28.9 Å². The molecule has 1 aromatic carbocycles. The van der Waals surface area contributed by atoms with Gasteiger partial charge in [-0.05, 0) is 29.8 Å². The molecule has 5 heteroatoms. The van der Waals surface area contributed by atoms with Crippen LogP contribution in [0, 0.1) is 0 Å². The molecule has 0 saturated carbocycles. The van der Waals surface area contributed by atoms with Crippen molar-refractivity contribution in [3.63, 3.8) is 0 Å². The first-order chi connectivity index (χ1) is 6.18. The standard InChI is InChI=1S/C8H4BrClN2O/c9-6-1-2-7-5(3-6)4-11-12(7)8(10)13/h1-4H. The minimum atomic E-state index is -0.600. The van der Waals surface area contributed by atoms with Gasteiger partial charge in [0.05, 0.1) is 11.7 Å². The third-order valence-electron chi connectivity index (χ3n) is 1.70. The van der Waals surface area contributed by atoms with Crippen molar-refractivity contribution in [3.8, 4) is 0 Å². The van der Waals surface area contributed by atoms with Gasteiger partial charge in [-0.15, -0.1) is 0 Å². The van der Waals surface area contributed by atoms with E-state index in [1.165, 1.54) is 0 Å². The molecule has 2 rings (SSSR count). The summed E-state index contributed by atoms with van der Waals surface area (Å²) in [7, 11) is 0. The second-order valence-electron chi connectivity index (χ2n) is 2.51. The Labute approximate surface area is 87.4 Å². The monoisotopic (exact) mass is 258 g/mol. The van der Waals surface area contributed by atoms with Gasteiger partial charge in [0, 0.05) is 9.86 Å². The molecule has 0 aliphatic carbocycles. The van der Waals surface area contributed by atoms with Crippen molar-refractivity contribution in [1.82, 2.24) is 9.78 Å². The molecule has 0 fully saturated rings. The summed E-state index contributed by atoms with van der Waals surface area (Å²) in [6.45, 7) is 0. The molecule has 0 radical (unpaired) electrons. The second kappa shape index (κ2) is 3.12. The van der Waals surface area contributed by atoms with E-state index in [2.05, 4.69) is 21.0 Å². The molecule has 66 valence electrons.